The summed E-state index contributed by atoms with van der Waals surface area (Å²) < 4.78 is 12.9. The van der Waals surface area contributed by atoms with Crippen molar-refractivity contribution in [1.29, 1.82) is 0 Å². The fraction of sp³-hybridized carbons (Fsp3) is 0.294. The van der Waals surface area contributed by atoms with Crippen LogP contribution in [0.3, 0.4) is 0 Å². The van der Waals surface area contributed by atoms with Crippen molar-refractivity contribution in [3.05, 3.63) is 64.5 Å². The molecule has 2 N–H and O–H groups in total. The van der Waals surface area contributed by atoms with Crippen molar-refractivity contribution in [2.45, 2.75) is 33.4 Å². The molecule has 0 fully saturated rings. The van der Waals surface area contributed by atoms with Crippen LogP contribution in [0, 0.1) is 19.7 Å². The molecule has 0 heterocycles. The molecule has 0 unspecified atom stereocenters. The van der Waals surface area contributed by atoms with Crippen molar-refractivity contribution in [3.63, 3.8) is 0 Å². The molecule has 1 atom stereocenters. The zero-order valence-electron chi connectivity index (χ0n) is 12.1. The van der Waals surface area contributed by atoms with Crippen LogP contribution in [0.15, 0.2) is 36.4 Å². The van der Waals surface area contributed by atoms with Gasteiger partial charge in [0.1, 0.15) is 11.6 Å². The minimum Gasteiger partial charge on any atom is -0.507 e. The second kappa shape index (κ2) is 6.06. The maximum absolute atomic E-state index is 12.9. The Morgan fingerprint density at radius 3 is 2.20 bits per heavy atom. The molecule has 106 valence electrons. The average molecular weight is 273 g/mol. The summed E-state index contributed by atoms with van der Waals surface area (Å²) in [4.78, 5) is 0. The second-order valence-electron chi connectivity index (χ2n) is 5.23. The highest BCUT2D eigenvalue weighted by Crippen LogP contribution is 2.23. The van der Waals surface area contributed by atoms with Gasteiger partial charge in [0.05, 0.1) is 0 Å². The van der Waals surface area contributed by atoms with Crippen molar-refractivity contribution in [1.82, 2.24) is 5.32 Å². The van der Waals surface area contributed by atoms with Crippen molar-refractivity contribution >= 4 is 0 Å². The number of rotatable bonds is 4. The number of hydrogen-bond acceptors (Lipinski definition) is 2. The Morgan fingerprint density at radius 2 is 1.65 bits per heavy atom. The van der Waals surface area contributed by atoms with Gasteiger partial charge in [0.25, 0.3) is 0 Å². The summed E-state index contributed by atoms with van der Waals surface area (Å²) in [5, 5.41) is 13.2. The summed E-state index contributed by atoms with van der Waals surface area (Å²) in [5.74, 6) is 0.145. The minimum absolute atomic E-state index is 0.144. The Hall–Kier alpha value is -1.87. The molecule has 2 rings (SSSR count). The molecule has 2 nitrogen and oxygen atoms in total. The summed E-state index contributed by atoms with van der Waals surface area (Å²) in [7, 11) is 0. The summed E-state index contributed by atoms with van der Waals surface area (Å²) in [6.45, 7) is 6.55. The van der Waals surface area contributed by atoms with Crippen molar-refractivity contribution < 1.29 is 9.50 Å². The lowest BCUT2D eigenvalue weighted by Crippen LogP contribution is -2.18. The van der Waals surface area contributed by atoms with Crippen LogP contribution in [0.1, 0.15) is 35.2 Å². The molecule has 20 heavy (non-hydrogen) atoms. The number of benzene rings is 2. The lowest BCUT2D eigenvalue weighted by molar-refractivity contribution is 0.466. The molecule has 0 aromatic heterocycles. The SMILES string of the molecule is Cc1cc(CN[C@@H](C)c2ccc(F)cc2)cc(C)c1O. The molecule has 0 bridgehead atoms. The Balaban J connectivity index is 2.03. The first-order chi connectivity index (χ1) is 9.47. The van der Waals surface area contributed by atoms with E-state index in [0.717, 1.165) is 22.3 Å². The Labute approximate surface area is 119 Å². The quantitative estimate of drug-likeness (QED) is 0.882. The van der Waals surface area contributed by atoms with Crippen LogP contribution < -0.4 is 5.32 Å². The Kier molecular flexibility index (Phi) is 4.40. The van der Waals surface area contributed by atoms with Crippen LogP contribution in [-0.4, -0.2) is 5.11 Å². The summed E-state index contributed by atoms with van der Waals surface area (Å²) >= 11 is 0. The molecule has 2 aromatic carbocycles. The first-order valence-electron chi connectivity index (χ1n) is 6.75. The largest absolute Gasteiger partial charge is 0.507 e. The standard InChI is InChI=1S/C17H20FNO/c1-11-8-14(9-12(2)17(11)20)10-19-13(3)15-4-6-16(18)7-5-15/h4-9,13,19-20H,10H2,1-3H3/t13-/m0/s1. The maximum atomic E-state index is 12.9. The number of aryl methyl sites for hydroxylation is 2. The fourth-order valence-electron chi connectivity index (χ4n) is 2.29. The molecule has 0 aliphatic heterocycles. The van der Waals surface area contributed by atoms with Crippen molar-refractivity contribution in [3.8, 4) is 5.75 Å². The van der Waals surface area contributed by atoms with Crippen LogP contribution in [0.25, 0.3) is 0 Å². The Morgan fingerprint density at radius 1 is 1.10 bits per heavy atom. The van der Waals surface area contributed by atoms with Crippen LogP contribution in [0.4, 0.5) is 4.39 Å². The zero-order valence-corrected chi connectivity index (χ0v) is 12.1. The van der Waals surface area contributed by atoms with Gasteiger partial charge in [0.2, 0.25) is 0 Å². The molecule has 0 aliphatic carbocycles. The molecule has 0 amide bonds. The predicted octanol–water partition coefficient (Wildman–Crippen LogP) is 4.00. The van der Waals surface area contributed by atoms with Crippen molar-refractivity contribution in [2.24, 2.45) is 0 Å². The van der Waals surface area contributed by atoms with Crippen LogP contribution in [0.2, 0.25) is 0 Å². The van der Waals surface area contributed by atoms with Gasteiger partial charge < -0.3 is 10.4 Å². The highest BCUT2D eigenvalue weighted by Gasteiger charge is 2.07. The lowest BCUT2D eigenvalue weighted by Gasteiger charge is -2.15. The van der Waals surface area contributed by atoms with Gasteiger partial charge in [-0.1, -0.05) is 24.3 Å². The Bertz CT molecular complexity index is 569. The van der Waals surface area contributed by atoms with Gasteiger partial charge in [-0.25, -0.2) is 4.39 Å². The number of halogens is 1. The monoisotopic (exact) mass is 273 g/mol. The molecule has 0 spiro atoms. The van der Waals surface area contributed by atoms with E-state index in [1.807, 2.05) is 32.9 Å². The summed E-state index contributed by atoms with van der Waals surface area (Å²) in [5.41, 5.74) is 3.96. The van der Waals surface area contributed by atoms with Gasteiger partial charge >= 0.3 is 0 Å². The molecule has 0 aliphatic rings. The van der Waals surface area contributed by atoms with Gasteiger partial charge in [-0.05, 0) is 55.2 Å². The molecular formula is C17H20FNO. The van der Waals surface area contributed by atoms with E-state index in [9.17, 15) is 9.50 Å². The van der Waals surface area contributed by atoms with Gasteiger partial charge in [-0.15, -0.1) is 0 Å². The van der Waals surface area contributed by atoms with Gasteiger partial charge in [0, 0.05) is 12.6 Å². The van der Waals surface area contributed by atoms with Gasteiger partial charge in [-0.3, -0.25) is 0 Å². The predicted molar refractivity (Wildman–Crippen MR) is 79.2 cm³/mol. The normalized spacial score (nSPS) is 12.4. The first kappa shape index (κ1) is 14.5. The summed E-state index contributed by atoms with van der Waals surface area (Å²) in [6.07, 6.45) is 0. The van der Waals surface area contributed by atoms with Gasteiger partial charge in [-0.2, -0.15) is 0 Å². The van der Waals surface area contributed by atoms with E-state index in [0.29, 0.717) is 12.3 Å². The minimum atomic E-state index is -0.217. The van der Waals surface area contributed by atoms with E-state index in [-0.39, 0.29) is 11.9 Å². The highest BCUT2D eigenvalue weighted by molar-refractivity contribution is 5.42. The maximum Gasteiger partial charge on any atom is 0.123 e. The van der Waals surface area contributed by atoms with E-state index in [4.69, 9.17) is 0 Å². The molecule has 0 radical (unpaired) electrons. The van der Waals surface area contributed by atoms with E-state index < -0.39 is 0 Å². The highest BCUT2D eigenvalue weighted by atomic mass is 19.1. The smallest absolute Gasteiger partial charge is 0.123 e. The fourth-order valence-corrected chi connectivity index (χ4v) is 2.29. The molecule has 2 aromatic rings. The average Bonchev–Trinajstić information content (AvgIpc) is 2.42. The summed E-state index contributed by atoms with van der Waals surface area (Å²) in [6, 6.07) is 10.6. The topological polar surface area (TPSA) is 32.3 Å². The van der Waals surface area contributed by atoms with E-state index in [2.05, 4.69) is 5.32 Å². The van der Waals surface area contributed by atoms with E-state index in [1.54, 1.807) is 12.1 Å². The molecule has 0 saturated heterocycles. The van der Waals surface area contributed by atoms with E-state index in [1.165, 1.54) is 12.1 Å². The third-order valence-electron chi connectivity index (χ3n) is 3.53. The van der Waals surface area contributed by atoms with Crippen LogP contribution in [-0.2, 0) is 6.54 Å². The second-order valence-corrected chi connectivity index (χ2v) is 5.23. The van der Waals surface area contributed by atoms with Gasteiger partial charge in [0.15, 0.2) is 0 Å². The number of nitrogens with one attached hydrogen (secondary N) is 1. The zero-order chi connectivity index (χ0) is 14.7. The van der Waals surface area contributed by atoms with E-state index >= 15 is 0 Å². The first-order valence-corrected chi connectivity index (χ1v) is 6.75. The van der Waals surface area contributed by atoms with Crippen LogP contribution in [0.5, 0.6) is 5.75 Å². The lowest BCUT2D eigenvalue weighted by atomic mass is 10.0. The molecular weight excluding hydrogens is 253 g/mol. The van der Waals surface area contributed by atoms with Crippen LogP contribution >= 0.6 is 0 Å². The number of aromatic hydroxyl groups is 1. The third kappa shape index (κ3) is 3.36. The number of phenolic OH excluding ortho intramolecular Hbond substituents is 1. The molecule has 0 saturated carbocycles. The number of phenols is 1. The number of hydrogen-bond donors (Lipinski definition) is 2. The molecule has 3 heteroatoms. The van der Waals surface area contributed by atoms with Crippen molar-refractivity contribution in [2.75, 3.05) is 0 Å². The third-order valence-corrected chi connectivity index (χ3v) is 3.53.